The zero-order valence-corrected chi connectivity index (χ0v) is 4.16. The highest BCUT2D eigenvalue weighted by Crippen LogP contribution is 1.67. The average molecular weight is 109 g/mol. The number of hydrogen-bond donors (Lipinski definition) is 1. The molecular weight excluding hydrogens is 104 g/mol. The molecule has 3 radical (unpaired) electrons. The van der Waals surface area contributed by atoms with E-state index in [1.54, 1.807) is 18.3 Å². The third kappa shape index (κ3) is 1.57. The van der Waals surface area contributed by atoms with Gasteiger partial charge in [0.05, 0.1) is 0 Å². The van der Waals surface area contributed by atoms with Crippen LogP contribution >= 0.6 is 0 Å². The van der Waals surface area contributed by atoms with E-state index in [4.69, 9.17) is 0 Å². The fourth-order valence-electron chi connectivity index (χ4n) is 0.377. The van der Waals surface area contributed by atoms with Gasteiger partial charge in [-0.15, -0.1) is 0 Å². The number of rotatable bonds is 0. The van der Waals surface area contributed by atoms with Gasteiger partial charge in [-0.25, -0.2) is 0 Å². The molecule has 1 N–H and O–H groups in total. The Bertz CT molecular complexity index is 176. The van der Waals surface area contributed by atoms with E-state index in [1.807, 2.05) is 0 Å². The Morgan fingerprint density at radius 1 is 1.38 bits per heavy atom. The highest BCUT2D eigenvalue weighted by Gasteiger charge is 1.69. The van der Waals surface area contributed by atoms with E-state index in [9.17, 15) is 4.79 Å². The monoisotopic (exact) mass is 109 g/mol. The minimum Gasteiger partial charge on any atom is -0.329 e. The molecule has 0 unspecified atom stereocenters. The maximum Gasteiger partial charge on any atom is 0.247 e. The number of pyridine rings is 1. The largest absolute Gasteiger partial charge is 0.329 e. The Labute approximate surface area is 46.9 Å². The van der Waals surface area contributed by atoms with E-state index in [0.717, 1.165) is 0 Å². The van der Waals surface area contributed by atoms with Gasteiger partial charge in [0.1, 0.15) is 0 Å². The fraction of sp³-hybridized carbons (Fsp3) is 0. The van der Waals surface area contributed by atoms with Gasteiger partial charge in [0.25, 0.3) is 0 Å². The van der Waals surface area contributed by atoms with Crippen LogP contribution in [0.1, 0.15) is 0 Å². The maximum absolute atomic E-state index is 10.2. The summed E-state index contributed by atoms with van der Waals surface area (Å²) >= 11 is 0. The van der Waals surface area contributed by atoms with Crippen molar-refractivity contribution >= 4 is 0 Å². The molecule has 8 heavy (non-hydrogen) atoms. The van der Waals surface area contributed by atoms with Gasteiger partial charge >= 0.3 is 0 Å². The number of hydrogen-bond acceptors (Lipinski definition) is 1. The second-order valence-corrected chi connectivity index (χ2v) is 1.23. The minimum atomic E-state index is -0.0532. The molecule has 0 saturated heterocycles. The van der Waals surface area contributed by atoms with E-state index in [2.05, 4.69) is 4.98 Å². The van der Waals surface area contributed by atoms with Crippen LogP contribution in [-0.4, -0.2) is 4.98 Å². The normalized spacial score (nSPS) is 7.50. The van der Waals surface area contributed by atoms with Crippen molar-refractivity contribution in [1.82, 2.24) is 11.1 Å². The van der Waals surface area contributed by atoms with Gasteiger partial charge in [-0.1, -0.05) is 6.07 Å². The minimum absolute atomic E-state index is 0. The second-order valence-electron chi connectivity index (χ2n) is 1.23. The standard InChI is InChI=1S/C5H5NO.N/c7-5-3-1-2-4-6-5;/h1-4H,(H,6,7);. The third-order valence-corrected chi connectivity index (χ3v) is 0.681. The Hall–Kier alpha value is -1.09. The summed E-state index contributed by atoms with van der Waals surface area (Å²) in [6, 6.07) is 4.93. The molecule has 0 bridgehead atoms. The lowest BCUT2D eigenvalue weighted by Gasteiger charge is -1.73. The lowest BCUT2D eigenvalue weighted by atomic mass is 10.5. The SMILES string of the molecule is O=c1cccc[nH]1.[N]. The molecule has 0 aliphatic carbocycles. The Morgan fingerprint density at radius 2 is 2.12 bits per heavy atom. The first-order chi connectivity index (χ1) is 3.39. The predicted molar refractivity (Wildman–Crippen MR) is 29.2 cm³/mol. The van der Waals surface area contributed by atoms with Gasteiger partial charge in [0.15, 0.2) is 0 Å². The summed E-state index contributed by atoms with van der Waals surface area (Å²) in [5, 5.41) is 0. The van der Waals surface area contributed by atoms with Crippen molar-refractivity contribution < 1.29 is 0 Å². The molecule has 0 fully saturated rings. The van der Waals surface area contributed by atoms with Crippen LogP contribution in [0.4, 0.5) is 0 Å². The van der Waals surface area contributed by atoms with Crippen molar-refractivity contribution in [3.63, 3.8) is 0 Å². The van der Waals surface area contributed by atoms with Gasteiger partial charge < -0.3 is 4.98 Å². The predicted octanol–water partition coefficient (Wildman–Crippen LogP) is -0.106. The molecule has 1 aromatic rings. The topological polar surface area (TPSA) is 63.4 Å². The molecule has 1 heterocycles. The van der Waals surface area contributed by atoms with E-state index in [1.165, 1.54) is 6.07 Å². The van der Waals surface area contributed by atoms with E-state index < -0.39 is 0 Å². The molecule has 1 aromatic heterocycles. The van der Waals surface area contributed by atoms with Crippen molar-refractivity contribution in [2.45, 2.75) is 0 Å². The Morgan fingerprint density at radius 3 is 2.38 bits per heavy atom. The van der Waals surface area contributed by atoms with Crippen LogP contribution in [0, 0.1) is 0 Å². The summed E-state index contributed by atoms with van der Waals surface area (Å²) in [5.74, 6) is 0. The number of aromatic nitrogens is 1. The maximum atomic E-state index is 10.2. The number of H-pyrrole nitrogens is 1. The first-order valence-electron chi connectivity index (χ1n) is 2.03. The van der Waals surface area contributed by atoms with Crippen molar-refractivity contribution in [2.24, 2.45) is 0 Å². The highest BCUT2D eigenvalue weighted by molar-refractivity contribution is 4.89. The Kier molecular flexibility index (Phi) is 2.58. The molecule has 0 aliphatic rings. The molecule has 0 saturated carbocycles. The van der Waals surface area contributed by atoms with Crippen LogP contribution in [0.5, 0.6) is 0 Å². The summed E-state index contributed by atoms with van der Waals surface area (Å²) in [7, 11) is 0. The van der Waals surface area contributed by atoms with Crippen molar-refractivity contribution in [2.75, 3.05) is 0 Å². The summed E-state index contributed by atoms with van der Waals surface area (Å²) in [6.45, 7) is 0. The van der Waals surface area contributed by atoms with Crippen LogP contribution in [0.25, 0.3) is 0 Å². The smallest absolute Gasteiger partial charge is 0.247 e. The summed E-state index contributed by atoms with van der Waals surface area (Å²) in [4.78, 5) is 12.7. The number of nitrogens with zero attached hydrogens (tertiary/aromatic N) is 1. The molecule has 3 nitrogen and oxygen atoms in total. The van der Waals surface area contributed by atoms with Crippen molar-refractivity contribution in [3.8, 4) is 0 Å². The quantitative estimate of drug-likeness (QED) is 0.496. The summed E-state index contributed by atoms with van der Waals surface area (Å²) in [5.41, 5.74) is -0.0532. The van der Waals surface area contributed by atoms with Gasteiger partial charge in [-0.3, -0.25) is 4.79 Å². The molecule has 0 atom stereocenters. The molecule has 3 heteroatoms. The lowest BCUT2D eigenvalue weighted by Crippen LogP contribution is -1.98. The Balaban J connectivity index is 0.000000490. The zero-order chi connectivity index (χ0) is 5.11. The van der Waals surface area contributed by atoms with E-state index >= 15 is 0 Å². The van der Waals surface area contributed by atoms with Gasteiger partial charge in [-0.2, -0.15) is 0 Å². The van der Waals surface area contributed by atoms with Crippen LogP contribution in [-0.2, 0) is 0 Å². The van der Waals surface area contributed by atoms with E-state index in [-0.39, 0.29) is 11.7 Å². The molecule has 41 valence electrons. The molecule has 0 aromatic carbocycles. The van der Waals surface area contributed by atoms with Crippen molar-refractivity contribution in [3.05, 3.63) is 34.7 Å². The summed E-state index contributed by atoms with van der Waals surface area (Å²) in [6.07, 6.45) is 1.60. The summed E-state index contributed by atoms with van der Waals surface area (Å²) < 4.78 is 0. The highest BCUT2D eigenvalue weighted by atomic mass is 16.1. The molecule has 1 rings (SSSR count). The van der Waals surface area contributed by atoms with Gasteiger partial charge in [0.2, 0.25) is 5.56 Å². The van der Waals surface area contributed by atoms with Gasteiger partial charge in [-0.05, 0) is 6.07 Å². The number of aromatic amines is 1. The third-order valence-electron chi connectivity index (χ3n) is 0.681. The van der Waals surface area contributed by atoms with Gasteiger partial charge in [0, 0.05) is 18.4 Å². The van der Waals surface area contributed by atoms with Crippen molar-refractivity contribution in [1.29, 1.82) is 0 Å². The van der Waals surface area contributed by atoms with Crippen LogP contribution in [0.2, 0.25) is 0 Å². The van der Waals surface area contributed by atoms with E-state index in [0.29, 0.717) is 0 Å². The average Bonchev–Trinajstić information content (AvgIpc) is 1.69. The molecule has 0 aliphatic heterocycles. The fourth-order valence-corrected chi connectivity index (χ4v) is 0.377. The zero-order valence-electron chi connectivity index (χ0n) is 4.16. The van der Waals surface area contributed by atoms with Crippen LogP contribution in [0.15, 0.2) is 29.2 Å². The molecular formula is C5H5N2O. The lowest BCUT2D eigenvalue weighted by molar-refractivity contribution is 1.24. The van der Waals surface area contributed by atoms with Crippen LogP contribution in [0.3, 0.4) is 0 Å². The second kappa shape index (κ2) is 2.98. The number of nitrogens with one attached hydrogen (secondary N) is 1. The molecule has 0 amide bonds. The van der Waals surface area contributed by atoms with Crippen LogP contribution < -0.4 is 11.7 Å². The first kappa shape index (κ1) is 6.91. The molecule has 0 spiro atoms. The first-order valence-corrected chi connectivity index (χ1v) is 2.03.